The van der Waals surface area contributed by atoms with Gasteiger partial charge >= 0.3 is 0 Å². The smallest absolute Gasteiger partial charge is 0.0817 e. The van der Waals surface area contributed by atoms with Gasteiger partial charge in [-0.25, -0.2) is 4.68 Å². The molecule has 0 aliphatic heterocycles. The topological polar surface area (TPSA) is 42.7 Å². The summed E-state index contributed by atoms with van der Waals surface area (Å²) < 4.78 is 1.94. The standard InChI is InChI=1S/C15H20N4/c1-11(12-8-9-12)15(16-2)14-10-17-18-19(14)13-6-4-3-5-7-13/h3-7,10-12,15-16H,8-9H2,1-2H3. The number of para-hydroxylation sites is 1. The summed E-state index contributed by atoms with van der Waals surface area (Å²) in [5, 5.41) is 11.8. The predicted molar refractivity (Wildman–Crippen MR) is 75.0 cm³/mol. The van der Waals surface area contributed by atoms with Crippen molar-refractivity contribution in [3.05, 3.63) is 42.2 Å². The van der Waals surface area contributed by atoms with E-state index in [1.165, 1.54) is 12.8 Å². The second-order valence-electron chi connectivity index (χ2n) is 5.37. The molecule has 2 unspecified atom stereocenters. The van der Waals surface area contributed by atoms with Gasteiger partial charge in [0.15, 0.2) is 0 Å². The number of hydrogen-bond donors (Lipinski definition) is 1. The van der Waals surface area contributed by atoms with Crippen molar-refractivity contribution in [3.8, 4) is 5.69 Å². The van der Waals surface area contributed by atoms with Crippen molar-refractivity contribution in [2.24, 2.45) is 11.8 Å². The minimum absolute atomic E-state index is 0.308. The van der Waals surface area contributed by atoms with Crippen LogP contribution in [0.2, 0.25) is 0 Å². The summed E-state index contributed by atoms with van der Waals surface area (Å²) in [6.07, 6.45) is 4.59. The van der Waals surface area contributed by atoms with Gasteiger partial charge in [-0.05, 0) is 43.9 Å². The van der Waals surface area contributed by atoms with Crippen LogP contribution < -0.4 is 5.32 Å². The molecule has 0 spiro atoms. The second kappa shape index (κ2) is 5.13. The van der Waals surface area contributed by atoms with Gasteiger partial charge in [0.25, 0.3) is 0 Å². The quantitative estimate of drug-likeness (QED) is 0.894. The molecule has 0 bridgehead atoms. The third-order valence-corrected chi connectivity index (χ3v) is 4.10. The summed E-state index contributed by atoms with van der Waals surface area (Å²) in [6, 6.07) is 10.5. The van der Waals surface area contributed by atoms with Gasteiger partial charge in [0.05, 0.1) is 23.6 Å². The zero-order chi connectivity index (χ0) is 13.2. The van der Waals surface area contributed by atoms with E-state index in [9.17, 15) is 0 Å². The van der Waals surface area contributed by atoms with Crippen LogP contribution in [-0.2, 0) is 0 Å². The molecule has 1 aliphatic rings. The van der Waals surface area contributed by atoms with E-state index in [1.807, 2.05) is 36.1 Å². The van der Waals surface area contributed by atoms with Gasteiger partial charge in [0, 0.05) is 0 Å². The minimum Gasteiger partial charge on any atom is -0.311 e. The van der Waals surface area contributed by atoms with E-state index in [-0.39, 0.29) is 0 Å². The minimum atomic E-state index is 0.308. The fourth-order valence-electron chi connectivity index (χ4n) is 2.80. The second-order valence-corrected chi connectivity index (χ2v) is 5.37. The fraction of sp³-hybridized carbons (Fsp3) is 0.467. The molecule has 19 heavy (non-hydrogen) atoms. The van der Waals surface area contributed by atoms with Gasteiger partial charge in [0.2, 0.25) is 0 Å². The molecule has 2 atom stereocenters. The summed E-state index contributed by atoms with van der Waals surface area (Å²) in [6.45, 7) is 2.32. The number of aromatic nitrogens is 3. The van der Waals surface area contributed by atoms with Crippen molar-refractivity contribution in [2.45, 2.75) is 25.8 Å². The zero-order valence-electron chi connectivity index (χ0n) is 11.5. The summed E-state index contributed by atoms with van der Waals surface area (Å²) in [7, 11) is 2.02. The molecule has 1 aliphatic carbocycles. The van der Waals surface area contributed by atoms with E-state index in [0.29, 0.717) is 12.0 Å². The molecule has 1 N–H and O–H groups in total. The predicted octanol–water partition coefficient (Wildman–Crippen LogP) is 2.57. The number of hydrogen-bond acceptors (Lipinski definition) is 3. The lowest BCUT2D eigenvalue weighted by atomic mass is 9.94. The van der Waals surface area contributed by atoms with Crippen LogP contribution in [0.1, 0.15) is 31.5 Å². The average Bonchev–Trinajstić information content (AvgIpc) is 3.20. The van der Waals surface area contributed by atoms with Gasteiger partial charge in [-0.1, -0.05) is 30.3 Å². The zero-order valence-corrected chi connectivity index (χ0v) is 11.5. The Balaban J connectivity index is 1.94. The molecule has 100 valence electrons. The lowest BCUT2D eigenvalue weighted by Crippen LogP contribution is -2.27. The first-order chi connectivity index (χ1) is 9.31. The summed E-state index contributed by atoms with van der Waals surface area (Å²) in [4.78, 5) is 0. The van der Waals surface area contributed by atoms with E-state index >= 15 is 0 Å². The van der Waals surface area contributed by atoms with Crippen LogP contribution in [0.25, 0.3) is 5.69 Å². The molecule has 0 radical (unpaired) electrons. The SMILES string of the molecule is CNC(c1cnnn1-c1ccccc1)C(C)C1CC1. The Hall–Kier alpha value is -1.68. The molecule has 2 aromatic rings. The molecular formula is C15H20N4. The number of nitrogens with zero attached hydrogens (tertiary/aromatic N) is 3. The largest absolute Gasteiger partial charge is 0.311 e. The highest BCUT2D eigenvalue weighted by molar-refractivity contribution is 5.32. The fourth-order valence-corrected chi connectivity index (χ4v) is 2.80. The Morgan fingerprint density at radius 2 is 2.00 bits per heavy atom. The lowest BCUT2D eigenvalue weighted by Gasteiger charge is -2.23. The Labute approximate surface area is 113 Å². The van der Waals surface area contributed by atoms with Crippen LogP contribution in [0, 0.1) is 11.8 Å². The average molecular weight is 256 g/mol. The van der Waals surface area contributed by atoms with Crippen molar-refractivity contribution in [1.29, 1.82) is 0 Å². The highest BCUT2D eigenvalue weighted by Gasteiger charge is 2.35. The molecule has 0 amide bonds. The van der Waals surface area contributed by atoms with Gasteiger partial charge in [-0.15, -0.1) is 5.10 Å². The van der Waals surface area contributed by atoms with Gasteiger partial charge in [0.1, 0.15) is 0 Å². The summed E-state index contributed by atoms with van der Waals surface area (Å²) >= 11 is 0. The Morgan fingerprint density at radius 3 is 2.63 bits per heavy atom. The lowest BCUT2D eigenvalue weighted by molar-refractivity contribution is 0.356. The van der Waals surface area contributed by atoms with Crippen molar-refractivity contribution < 1.29 is 0 Å². The normalized spacial score (nSPS) is 18.2. The molecular weight excluding hydrogens is 236 g/mol. The van der Waals surface area contributed by atoms with Gasteiger partial charge in [-0.2, -0.15) is 0 Å². The van der Waals surface area contributed by atoms with Crippen LogP contribution in [0.4, 0.5) is 0 Å². The van der Waals surface area contributed by atoms with E-state index < -0.39 is 0 Å². The molecule has 0 saturated heterocycles. The van der Waals surface area contributed by atoms with Crippen LogP contribution >= 0.6 is 0 Å². The monoisotopic (exact) mass is 256 g/mol. The van der Waals surface area contributed by atoms with E-state index in [0.717, 1.165) is 17.3 Å². The first-order valence-electron chi connectivity index (χ1n) is 6.94. The third-order valence-electron chi connectivity index (χ3n) is 4.10. The van der Waals surface area contributed by atoms with Crippen molar-refractivity contribution in [1.82, 2.24) is 20.3 Å². The van der Waals surface area contributed by atoms with Crippen LogP contribution in [0.5, 0.6) is 0 Å². The maximum Gasteiger partial charge on any atom is 0.0817 e. The molecule has 4 heteroatoms. The number of benzene rings is 1. The maximum absolute atomic E-state index is 4.24. The van der Waals surface area contributed by atoms with Crippen LogP contribution in [-0.4, -0.2) is 22.0 Å². The maximum atomic E-state index is 4.24. The van der Waals surface area contributed by atoms with Gasteiger partial charge < -0.3 is 5.32 Å². The highest BCUT2D eigenvalue weighted by Crippen LogP contribution is 2.42. The van der Waals surface area contributed by atoms with E-state index in [2.05, 4.69) is 34.7 Å². The molecule has 1 saturated carbocycles. The molecule has 1 aromatic heterocycles. The Morgan fingerprint density at radius 1 is 1.26 bits per heavy atom. The van der Waals surface area contributed by atoms with E-state index in [4.69, 9.17) is 0 Å². The molecule has 1 heterocycles. The van der Waals surface area contributed by atoms with Crippen molar-refractivity contribution in [3.63, 3.8) is 0 Å². The Bertz CT molecular complexity index is 530. The highest BCUT2D eigenvalue weighted by atomic mass is 15.4. The molecule has 4 nitrogen and oxygen atoms in total. The van der Waals surface area contributed by atoms with Crippen LogP contribution in [0.3, 0.4) is 0 Å². The third kappa shape index (κ3) is 2.40. The number of nitrogens with one attached hydrogen (secondary N) is 1. The summed E-state index contributed by atoms with van der Waals surface area (Å²) in [5.41, 5.74) is 2.21. The first-order valence-corrected chi connectivity index (χ1v) is 6.94. The van der Waals surface area contributed by atoms with E-state index in [1.54, 1.807) is 0 Å². The van der Waals surface area contributed by atoms with Crippen molar-refractivity contribution >= 4 is 0 Å². The summed E-state index contributed by atoms with van der Waals surface area (Å²) in [5.74, 6) is 1.46. The first kappa shape index (κ1) is 12.4. The van der Waals surface area contributed by atoms with Gasteiger partial charge in [-0.3, -0.25) is 0 Å². The molecule has 3 rings (SSSR count). The number of rotatable bonds is 5. The van der Waals surface area contributed by atoms with Crippen molar-refractivity contribution in [2.75, 3.05) is 7.05 Å². The Kier molecular flexibility index (Phi) is 3.34. The van der Waals surface area contributed by atoms with Crippen LogP contribution in [0.15, 0.2) is 36.5 Å². The molecule has 1 aromatic carbocycles. The molecule has 1 fully saturated rings.